The Kier molecular flexibility index (Phi) is 4.27. The van der Waals surface area contributed by atoms with Crippen LogP contribution in [0.2, 0.25) is 5.02 Å². The summed E-state index contributed by atoms with van der Waals surface area (Å²) in [6.07, 6.45) is 2.97. The van der Waals surface area contributed by atoms with Gasteiger partial charge < -0.3 is 5.32 Å². The minimum Gasteiger partial charge on any atom is -0.313 e. The largest absolute Gasteiger partial charge is 0.313 e. The van der Waals surface area contributed by atoms with Gasteiger partial charge in [-0.25, -0.2) is 4.39 Å². The van der Waals surface area contributed by atoms with Gasteiger partial charge in [-0.1, -0.05) is 48.0 Å². The summed E-state index contributed by atoms with van der Waals surface area (Å²) in [5.41, 5.74) is 3.68. The summed E-state index contributed by atoms with van der Waals surface area (Å²) < 4.78 is 13.6. The van der Waals surface area contributed by atoms with Gasteiger partial charge in [0.15, 0.2) is 0 Å². The Morgan fingerprint density at radius 1 is 1.19 bits per heavy atom. The van der Waals surface area contributed by atoms with E-state index < -0.39 is 0 Å². The van der Waals surface area contributed by atoms with E-state index in [1.807, 2.05) is 13.1 Å². The van der Waals surface area contributed by atoms with Crippen molar-refractivity contribution in [3.8, 4) is 0 Å². The van der Waals surface area contributed by atoms with E-state index in [1.165, 1.54) is 17.2 Å². The summed E-state index contributed by atoms with van der Waals surface area (Å²) in [4.78, 5) is 0. The van der Waals surface area contributed by atoms with Crippen molar-refractivity contribution in [2.45, 2.75) is 25.3 Å². The lowest BCUT2D eigenvalue weighted by molar-refractivity contribution is 0.334. The molecule has 2 aromatic rings. The van der Waals surface area contributed by atoms with Gasteiger partial charge in [-0.15, -0.1) is 0 Å². The fourth-order valence-electron chi connectivity index (χ4n) is 3.43. The second-order valence-electron chi connectivity index (χ2n) is 5.68. The maximum Gasteiger partial charge on any atom is 0.142 e. The van der Waals surface area contributed by atoms with Gasteiger partial charge in [0.1, 0.15) is 5.82 Å². The average molecular weight is 304 g/mol. The van der Waals surface area contributed by atoms with Gasteiger partial charge in [0.05, 0.1) is 5.02 Å². The Labute approximate surface area is 130 Å². The molecule has 2 aromatic carbocycles. The van der Waals surface area contributed by atoms with Crippen LogP contribution in [0.1, 0.15) is 29.2 Å². The fraction of sp³-hybridized carbons (Fsp3) is 0.333. The summed E-state index contributed by atoms with van der Waals surface area (Å²) in [5.74, 6) is 0.107. The summed E-state index contributed by atoms with van der Waals surface area (Å²) in [7, 11) is 1.99. The average Bonchev–Trinajstić information content (AvgIpc) is 2.51. The van der Waals surface area contributed by atoms with Crippen molar-refractivity contribution in [1.82, 2.24) is 5.32 Å². The molecule has 0 bridgehead atoms. The van der Waals surface area contributed by atoms with Gasteiger partial charge >= 0.3 is 0 Å². The van der Waals surface area contributed by atoms with Crippen LogP contribution in [0.5, 0.6) is 0 Å². The molecule has 1 nitrogen and oxygen atoms in total. The molecule has 0 aliphatic heterocycles. The number of nitrogens with one attached hydrogen (secondary N) is 1. The Bertz CT molecular complexity index is 641. The van der Waals surface area contributed by atoms with Crippen molar-refractivity contribution < 1.29 is 4.39 Å². The molecule has 2 unspecified atom stereocenters. The van der Waals surface area contributed by atoms with Gasteiger partial charge in [0.2, 0.25) is 0 Å². The van der Waals surface area contributed by atoms with E-state index in [-0.39, 0.29) is 10.8 Å². The molecule has 3 rings (SSSR count). The quantitative estimate of drug-likeness (QED) is 0.877. The highest BCUT2D eigenvalue weighted by Crippen LogP contribution is 2.37. The van der Waals surface area contributed by atoms with Crippen LogP contribution in [0.15, 0.2) is 42.5 Å². The van der Waals surface area contributed by atoms with Crippen LogP contribution < -0.4 is 5.32 Å². The number of benzene rings is 2. The van der Waals surface area contributed by atoms with Crippen molar-refractivity contribution >= 4 is 11.6 Å². The second kappa shape index (κ2) is 6.17. The molecule has 0 heterocycles. The van der Waals surface area contributed by atoms with Gasteiger partial charge in [0.25, 0.3) is 0 Å². The van der Waals surface area contributed by atoms with Crippen molar-refractivity contribution in [2.24, 2.45) is 5.92 Å². The molecule has 0 saturated carbocycles. The number of hydrogen-bond acceptors (Lipinski definition) is 1. The lowest BCUT2D eigenvalue weighted by atomic mass is 9.77. The Morgan fingerprint density at radius 2 is 2.00 bits per heavy atom. The highest BCUT2D eigenvalue weighted by Gasteiger charge is 2.28. The minimum absolute atomic E-state index is 0.270. The first-order chi connectivity index (χ1) is 10.2. The standard InChI is InChI=1S/C18H19ClFN/c1-21-18-14(10-9-12-5-2-3-7-15(12)18)11-13-6-4-8-16(20)17(13)19/h2-8,14,18,21H,9-11H2,1H3. The monoisotopic (exact) mass is 303 g/mol. The Balaban J connectivity index is 1.88. The summed E-state index contributed by atoms with van der Waals surface area (Å²) in [5, 5.41) is 3.70. The molecule has 1 aliphatic rings. The third-order valence-corrected chi connectivity index (χ3v) is 4.89. The zero-order valence-electron chi connectivity index (χ0n) is 12.1. The lowest BCUT2D eigenvalue weighted by Crippen LogP contribution is -2.31. The molecule has 2 atom stereocenters. The zero-order chi connectivity index (χ0) is 14.8. The van der Waals surface area contributed by atoms with Crippen LogP contribution in [0.25, 0.3) is 0 Å². The number of aryl methyl sites for hydroxylation is 1. The molecule has 0 aromatic heterocycles. The third kappa shape index (κ3) is 2.83. The highest BCUT2D eigenvalue weighted by molar-refractivity contribution is 6.31. The van der Waals surface area contributed by atoms with E-state index in [4.69, 9.17) is 11.6 Å². The van der Waals surface area contributed by atoms with Crippen LogP contribution in [-0.4, -0.2) is 7.05 Å². The van der Waals surface area contributed by atoms with Crippen molar-refractivity contribution in [1.29, 1.82) is 0 Å². The van der Waals surface area contributed by atoms with Gasteiger partial charge in [-0.05, 0) is 55.0 Å². The first-order valence-corrected chi connectivity index (χ1v) is 7.76. The predicted octanol–water partition coefficient (Wildman–Crippen LogP) is 4.54. The molecule has 0 saturated heterocycles. The first kappa shape index (κ1) is 14.6. The Morgan fingerprint density at radius 3 is 2.81 bits per heavy atom. The molecule has 0 amide bonds. The van der Waals surface area contributed by atoms with E-state index in [2.05, 4.69) is 29.6 Å². The van der Waals surface area contributed by atoms with Gasteiger partial charge in [0, 0.05) is 6.04 Å². The van der Waals surface area contributed by atoms with E-state index in [9.17, 15) is 4.39 Å². The maximum atomic E-state index is 13.6. The van der Waals surface area contributed by atoms with Crippen LogP contribution in [-0.2, 0) is 12.8 Å². The van der Waals surface area contributed by atoms with Crippen LogP contribution in [0.3, 0.4) is 0 Å². The molecule has 0 radical (unpaired) electrons. The summed E-state index contributed by atoms with van der Waals surface area (Å²) >= 11 is 6.11. The van der Waals surface area contributed by atoms with E-state index in [1.54, 1.807) is 6.07 Å². The molecule has 110 valence electrons. The molecular weight excluding hydrogens is 285 g/mol. The van der Waals surface area contributed by atoms with Gasteiger partial charge in [-0.2, -0.15) is 0 Å². The second-order valence-corrected chi connectivity index (χ2v) is 6.06. The highest BCUT2D eigenvalue weighted by atomic mass is 35.5. The molecule has 1 N–H and O–H groups in total. The third-order valence-electron chi connectivity index (χ3n) is 4.47. The molecule has 0 spiro atoms. The lowest BCUT2D eigenvalue weighted by Gasteiger charge is -2.34. The smallest absolute Gasteiger partial charge is 0.142 e. The van der Waals surface area contributed by atoms with Crippen LogP contribution >= 0.6 is 11.6 Å². The first-order valence-electron chi connectivity index (χ1n) is 7.38. The summed E-state index contributed by atoms with van der Waals surface area (Å²) in [6.45, 7) is 0. The van der Waals surface area contributed by atoms with Crippen LogP contribution in [0, 0.1) is 11.7 Å². The number of fused-ring (bicyclic) bond motifs is 1. The van der Waals surface area contributed by atoms with E-state index in [0.29, 0.717) is 12.0 Å². The zero-order valence-corrected chi connectivity index (χ0v) is 12.8. The maximum absolute atomic E-state index is 13.6. The number of halogens is 2. The van der Waals surface area contributed by atoms with Crippen molar-refractivity contribution in [3.63, 3.8) is 0 Å². The van der Waals surface area contributed by atoms with Gasteiger partial charge in [-0.3, -0.25) is 0 Å². The summed E-state index contributed by atoms with van der Waals surface area (Å²) in [6, 6.07) is 13.9. The van der Waals surface area contributed by atoms with E-state index in [0.717, 1.165) is 24.8 Å². The molecular formula is C18H19ClFN. The van der Waals surface area contributed by atoms with Crippen molar-refractivity contribution in [3.05, 3.63) is 70.0 Å². The van der Waals surface area contributed by atoms with Crippen molar-refractivity contribution in [2.75, 3.05) is 7.05 Å². The molecule has 21 heavy (non-hydrogen) atoms. The minimum atomic E-state index is -0.327. The van der Waals surface area contributed by atoms with Crippen LogP contribution in [0.4, 0.5) is 4.39 Å². The predicted molar refractivity (Wildman–Crippen MR) is 85.2 cm³/mol. The Hall–Kier alpha value is -1.38. The number of rotatable bonds is 3. The number of hydrogen-bond donors (Lipinski definition) is 1. The molecule has 3 heteroatoms. The normalized spacial score (nSPS) is 21.1. The van der Waals surface area contributed by atoms with E-state index >= 15 is 0 Å². The molecule has 0 fully saturated rings. The topological polar surface area (TPSA) is 12.0 Å². The molecule has 1 aliphatic carbocycles. The fourth-order valence-corrected chi connectivity index (χ4v) is 3.63. The SMILES string of the molecule is CNC1c2ccccc2CCC1Cc1cccc(F)c1Cl.